The number of para-hydroxylation sites is 1. The summed E-state index contributed by atoms with van der Waals surface area (Å²) in [7, 11) is 0. The second-order valence-corrected chi connectivity index (χ2v) is 6.82. The number of phenols is 1. The lowest BCUT2D eigenvalue weighted by Crippen LogP contribution is -2.17. The molecule has 0 bridgehead atoms. The van der Waals surface area contributed by atoms with Crippen LogP contribution in [-0.4, -0.2) is 29.4 Å². The van der Waals surface area contributed by atoms with Crippen LogP contribution in [0.4, 0.5) is 0 Å². The SMILES string of the molecule is O=C(CCCCCCCC(=O)N/N=C/c1ccccc1O)NN=Cc1ccccc1. The minimum absolute atomic E-state index is 0.0936. The zero-order valence-electron chi connectivity index (χ0n) is 17.0. The van der Waals surface area contributed by atoms with Crippen LogP contribution in [0.1, 0.15) is 56.1 Å². The smallest absolute Gasteiger partial charge is 0.240 e. The molecule has 158 valence electrons. The number of benzene rings is 2. The van der Waals surface area contributed by atoms with Gasteiger partial charge in [-0.25, -0.2) is 10.9 Å². The normalized spacial score (nSPS) is 11.1. The van der Waals surface area contributed by atoms with Crippen molar-refractivity contribution in [2.45, 2.75) is 44.9 Å². The largest absolute Gasteiger partial charge is 0.507 e. The number of carbonyl (C=O) groups excluding carboxylic acids is 2. The third-order valence-electron chi connectivity index (χ3n) is 4.34. The predicted octanol–water partition coefficient (Wildman–Crippen LogP) is 3.72. The van der Waals surface area contributed by atoms with Crippen molar-refractivity contribution in [1.82, 2.24) is 10.9 Å². The predicted molar refractivity (Wildman–Crippen MR) is 118 cm³/mol. The highest BCUT2D eigenvalue weighted by Gasteiger charge is 2.02. The Labute approximate surface area is 176 Å². The Kier molecular flexibility index (Phi) is 10.4. The topological polar surface area (TPSA) is 103 Å². The summed E-state index contributed by atoms with van der Waals surface area (Å²) in [5.41, 5.74) is 6.48. The van der Waals surface area contributed by atoms with E-state index in [0.717, 1.165) is 37.7 Å². The highest BCUT2D eigenvalue weighted by molar-refractivity contribution is 5.85. The van der Waals surface area contributed by atoms with Gasteiger partial charge in [-0.05, 0) is 30.5 Å². The first-order valence-electron chi connectivity index (χ1n) is 10.1. The summed E-state index contributed by atoms with van der Waals surface area (Å²) >= 11 is 0. The summed E-state index contributed by atoms with van der Waals surface area (Å²) in [5.74, 6) is -0.131. The quantitative estimate of drug-likeness (QED) is 0.283. The molecule has 2 rings (SSSR count). The highest BCUT2D eigenvalue weighted by atomic mass is 16.3. The van der Waals surface area contributed by atoms with Crippen molar-refractivity contribution in [1.29, 1.82) is 0 Å². The average molecular weight is 409 g/mol. The van der Waals surface area contributed by atoms with Crippen molar-refractivity contribution in [3.05, 3.63) is 65.7 Å². The van der Waals surface area contributed by atoms with E-state index >= 15 is 0 Å². The molecule has 0 aliphatic rings. The summed E-state index contributed by atoms with van der Waals surface area (Å²) in [6.45, 7) is 0. The van der Waals surface area contributed by atoms with E-state index in [-0.39, 0.29) is 17.6 Å². The number of carbonyl (C=O) groups is 2. The lowest BCUT2D eigenvalue weighted by Gasteiger charge is -2.02. The fourth-order valence-electron chi connectivity index (χ4n) is 2.70. The number of rotatable bonds is 12. The number of hydrazone groups is 2. The Hall–Kier alpha value is -3.48. The Morgan fingerprint density at radius 1 is 0.733 bits per heavy atom. The molecule has 0 fully saturated rings. The molecule has 2 aromatic rings. The first kappa shape index (κ1) is 22.8. The molecule has 0 unspecified atom stereocenters. The molecule has 0 aliphatic heterocycles. The van der Waals surface area contributed by atoms with Crippen molar-refractivity contribution in [3.63, 3.8) is 0 Å². The van der Waals surface area contributed by atoms with Gasteiger partial charge in [0.2, 0.25) is 11.8 Å². The number of hydrogen-bond acceptors (Lipinski definition) is 5. The number of nitrogens with zero attached hydrogens (tertiary/aromatic N) is 2. The third kappa shape index (κ3) is 9.64. The molecule has 7 nitrogen and oxygen atoms in total. The molecule has 0 heterocycles. The fraction of sp³-hybridized carbons (Fsp3) is 0.304. The molecule has 0 radical (unpaired) electrons. The maximum absolute atomic E-state index is 11.7. The van der Waals surface area contributed by atoms with E-state index in [2.05, 4.69) is 21.1 Å². The first-order chi connectivity index (χ1) is 14.6. The van der Waals surface area contributed by atoms with Crippen LogP contribution in [0.2, 0.25) is 0 Å². The average Bonchev–Trinajstić information content (AvgIpc) is 2.75. The van der Waals surface area contributed by atoms with Gasteiger partial charge in [-0.15, -0.1) is 0 Å². The van der Waals surface area contributed by atoms with Gasteiger partial charge in [-0.2, -0.15) is 10.2 Å². The lowest BCUT2D eigenvalue weighted by atomic mass is 10.1. The maximum Gasteiger partial charge on any atom is 0.240 e. The molecule has 0 aromatic heterocycles. The van der Waals surface area contributed by atoms with E-state index in [9.17, 15) is 14.7 Å². The van der Waals surface area contributed by atoms with Crippen molar-refractivity contribution < 1.29 is 14.7 Å². The highest BCUT2D eigenvalue weighted by Crippen LogP contribution is 2.12. The van der Waals surface area contributed by atoms with E-state index in [0.29, 0.717) is 18.4 Å². The van der Waals surface area contributed by atoms with Gasteiger partial charge in [0, 0.05) is 18.4 Å². The van der Waals surface area contributed by atoms with Crippen LogP contribution in [0.25, 0.3) is 0 Å². The van der Waals surface area contributed by atoms with E-state index in [1.54, 1.807) is 30.5 Å². The molecule has 0 saturated carbocycles. The van der Waals surface area contributed by atoms with E-state index in [4.69, 9.17) is 0 Å². The summed E-state index contributed by atoms with van der Waals surface area (Å²) in [4.78, 5) is 23.5. The minimum Gasteiger partial charge on any atom is -0.507 e. The van der Waals surface area contributed by atoms with Crippen molar-refractivity contribution in [2.24, 2.45) is 10.2 Å². The van der Waals surface area contributed by atoms with Gasteiger partial charge < -0.3 is 5.11 Å². The summed E-state index contributed by atoms with van der Waals surface area (Å²) in [6.07, 6.45) is 8.26. The number of amides is 2. The minimum atomic E-state index is -0.155. The third-order valence-corrected chi connectivity index (χ3v) is 4.34. The van der Waals surface area contributed by atoms with Crippen LogP contribution >= 0.6 is 0 Å². The van der Waals surface area contributed by atoms with Crippen molar-refractivity contribution in [3.8, 4) is 5.75 Å². The summed E-state index contributed by atoms with van der Waals surface area (Å²) in [5, 5.41) is 17.4. The Balaban J connectivity index is 1.46. The van der Waals surface area contributed by atoms with Gasteiger partial charge in [-0.1, -0.05) is 61.7 Å². The van der Waals surface area contributed by atoms with Gasteiger partial charge in [0.15, 0.2) is 0 Å². The number of unbranched alkanes of at least 4 members (excludes halogenated alkanes) is 4. The molecule has 2 amide bonds. The molecule has 30 heavy (non-hydrogen) atoms. The number of hydrogen-bond donors (Lipinski definition) is 3. The molecular weight excluding hydrogens is 380 g/mol. The second-order valence-electron chi connectivity index (χ2n) is 6.82. The fourth-order valence-corrected chi connectivity index (χ4v) is 2.70. The lowest BCUT2D eigenvalue weighted by molar-refractivity contribution is -0.121. The molecule has 0 atom stereocenters. The number of nitrogens with one attached hydrogen (secondary N) is 2. The van der Waals surface area contributed by atoms with Crippen LogP contribution in [0, 0.1) is 0 Å². The first-order valence-corrected chi connectivity index (χ1v) is 10.1. The molecule has 2 aromatic carbocycles. The Morgan fingerprint density at radius 2 is 1.27 bits per heavy atom. The molecule has 3 N–H and O–H groups in total. The number of aromatic hydroxyl groups is 1. The monoisotopic (exact) mass is 408 g/mol. The second kappa shape index (κ2) is 13.7. The number of phenolic OH excluding ortho intramolecular Hbond substituents is 1. The maximum atomic E-state index is 11.7. The van der Waals surface area contributed by atoms with Crippen LogP contribution < -0.4 is 10.9 Å². The van der Waals surface area contributed by atoms with Crippen molar-refractivity contribution in [2.75, 3.05) is 0 Å². The van der Waals surface area contributed by atoms with Crippen LogP contribution in [0.3, 0.4) is 0 Å². The van der Waals surface area contributed by atoms with E-state index in [1.807, 2.05) is 30.3 Å². The van der Waals surface area contributed by atoms with Crippen molar-refractivity contribution >= 4 is 24.2 Å². The molecular formula is C23H28N4O3. The summed E-state index contributed by atoms with van der Waals surface area (Å²) < 4.78 is 0. The van der Waals surface area contributed by atoms with Gasteiger partial charge in [0.25, 0.3) is 0 Å². The molecule has 0 saturated heterocycles. The van der Waals surface area contributed by atoms with E-state index in [1.165, 1.54) is 6.21 Å². The molecule has 7 heteroatoms. The molecule has 0 aliphatic carbocycles. The molecule has 0 spiro atoms. The van der Waals surface area contributed by atoms with Crippen LogP contribution in [0.15, 0.2) is 64.8 Å². The van der Waals surface area contributed by atoms with E-state index < -0.39 is 0 Å². The van der Waals surface area contributed by atoms with Gasteiger partial charge in [0.1, 0.15) is 5.75 Å². The Bertz CT molecular complexity index is 851. The standard InChI is InChI=1S/C23H28N4O3/c28-21-14-10-9-13-20(21)18-25-27-23(30)16-8-3-1-2-7-15-22(29)26-24-17-19-11-5-4-6-12-19/h4-6,9-14,17-18,28H,1-3,7-8,15-16H2,(H,26,29)(H,27,30)/b24-17?,25-18+. The zero-order chi connectivity index (χ0) is 21.4. The summed E-state index contributed by atoms with van der Waals surface area (Å²) in [6, 6.07) is 16.3. The van der Waals surface area contributed by atoms with Crippen LogP contribution in [-0.2, 0) is 9.59 Å². The van der Waals surface area contributed by atoms with Gasteiger partial charge in [-0.3, -0.25) is 9.59 Å². The Morgan fingerprint density at radius 3 is 1.90 bits per heavy atom. The zero-order valence-corrected chi connectivity index (χ0v) is 17.0. The van der Waals surface area contributed by atoms with Crippen LogP contribution in [0.5, 0.6) is 5.75 Å². The van der Waals surface area contributed by atoms with Gasteiger partial charge in [0.05, 0.1) is 12.4 Å². The van der Waals surface area contributed by atoms with Gasteiger partial charge >= 0.3 is 0 Å².